The molecule has 4 rings (SSSR count). The number of rotatable bonds is 6. The van der Waals surface area contributed by atoms with E-state index in [0.717, 1.165) is 16.5 Å². The number of primary amides is 1. The van der Waals surface area contributed by atoms with E-state index in [0.29, 0.717) is 27.6 Å². The molecule has 4 N–H and O–H groups in total. The maximum Gasteiger partial charge on any atom is 0.404 e. The van der Waals surface area contributed by atoms with Gasteiger partial charge in [0.1, 0.15) is 23.9 Å². The maximum absolute atomic E-state index is 11.7. The number of halogens is 1. The molecular weight excluding hydrogens is 496 g/mol. The number of para-hydroxylation sites is 1. The minimum Gasteiger partial charge on any atom is -0.444 e. The third kappa shape index (κ3) is 5.04. The lowest BCUT2D eigenvalue weighted by atomic mass is 9.95. The van der Waals surface area contributed by atoms with E-state index in [9.17, 15) is 4.79 Å². The molecule has 0 aliphatic rings. The molecule has 176 valence electrons. The van der Waals surface area contributed by atoms with Gasteiger partial charge in [-0.15, -0.1) is 0 Å². The van der Waals surface area contributed by atoms with Crippen LogP contribution in [0, 0.1) is 5.41 Å². The van der Waals surface area contributed by atoms with Crippen LogP contribution in [-0.2, 0) is 11.3 Å². The lowest BCUT2D eigenvalue weighted by Crippen LogP contribution is -2.26. The second-order valence-electron chi connectivity index (χ2n) is 9.04. The number of benzene rings is 1. The number of anilines is 1. The Bertz CT molecular complexity index is 1430. The Balaban J connectivity index is 1.87. The van der Waals surface area contributed by atoms with E-state index in [1.54, 1.807) is 10.8 Å². The van der Waals surface area contributed by atoms with Crippen molar-refractivity contribution in [1.29, 1.82) is 0 Å². The van der Waals surface area contributed by atoms with Gasteiger partial charge in [-0.3, -0.25) is 4.98 Å². The summed E-state index contributed by atoms with van der Waals surface area (Å²) >= 11 is 3.67. The van der Waals surface area contributed by atoms with Gasteiger partial charge in [-0.2, -0.15) is 0 Å². The standard InChI is InChI=1S/C25H27BrN6O2/c1-25(2,3)10-6-8-17(34-24(28)33)13-32-21(26)19(20-22(27)30-14-31-23(20)32)16-11-15-7-4-5-9-18(15)29-12-16/h4-7,9-12,14,17H,8,13H2,1-3H3,(H2,28,33)(H2,27,30,31)/t17-/m0/s1/i13D/t13?,17-. The van der Waals surface area contributed by atoms with Gasteiger partial charge in [0.05, 0.1) is 23.4 Å². The molecule has 0 radical (unpaired) electrons. The number of hydrogen-bond acceptors (Lipinski definition) is 6. The molecular formula is C25H27BrN6O2. The molecule has 8 nitrogen and oxygen atoms in total. The van der Waals surface area contributed by atoms with Gasteiger partial charge >= 0.3 is 6.09 Å². The van der Waals surface area contributed by atoms with Crippen LogP contribution >= 0.6 is 15.9 Å². The predicted molar refractivity (Wildman–Crippen MR) is 138 cm³/mol. The number of carbonyl (C=O) groups is 1. The van der Waals surface area contributed by atoms with E-state index in [1.807, 2.05) is 42.5 Å². The van der Waals surface area contributed by atoms with Crippen LogP contribution in [0.1, 0.15) is 28.6 Å². The zero-order valence-electron chi connectivity index (χ0n) is 20.2. The Kier molecular flexibility index (Phi) is 6.19. The monoisotopic (exact) mass is 523 g/mol. The third-order valence-corrected chi connectivity index (χ3v) is 5.98. The smallest absolute Gasteiger partial charge is 0.404 e. The summed E-state index contributed by atoms with van der Waals surface area (Å²) in [6, 6.07) is 9.79. The van der Waals surface area contributed by atoms with Crippen LogP contribution in [0.3, 0.4) is 0 Å². The highest BCUT2D eigenvalue weighted by atomic mass is 79.9. The summed E-state index contributed by atoms with van der Waals surface area (Å²) in [6.45, 7) is 5.11. The molecule has 1 unspecified atom stereocenters. The molecule has 0 saturated heterocycles. The molecule has 0 bridgehead atoms. The number of amides is 1. The van der Waals surface area contributed by atoms with E-state index < -0.39 is 18.7 Å². The second kappa shape index (κ2) is 9.42. The van der Waals surface area contributed by atoms with Crippen molar-refractivity contribution in [3.63, 3.8) is 0 Å². The number of nitrogen functional groups attached to an aromatic ring is 1. The number of hydrogen-bond donors (Lipinski definition) is 2. The van der Waals surface area contributed by atoms with Gasteiger partial charge in [0.2, 0.25) is 0 Å². The lowest BCUT2D eigenvalue weighted by Gasteiger charge is -2.18. The fourth-order valence-corrected chi connectivity index (χ4v) is 4.46. The molecule has 9 heteroatoms. The average Bonchev–Trinajstić information content (AvgIpc) is 3.09. The fraction of sp³-hybridized carbons (Fsp3) is 0.280. The Morgan fingerprint density at radius 1 is 1.29 bits per heavy atom. The molecule has 0 spiro atoms. The molecule has 1 amide bonds. The zero-order chi connectivity index (χ0) is 25.3. The number of allylic oxidation sites excluding steroid dienone is 1. The zero-order valence-corrected chi connectivity index (χ0v) is 20.8. The number of pyridine rings is 1. The highest BCUT2D eigenvalue weighted by Gasteiger charge is 2.24. The van der Waals surface area contributed by atoms with E-state index >= 15 is 0 Å². The van der Waals surface area contributed by atoms with Gasteiger partial charge in [-0.05, 0) is 33.5 Å². The SMILES string of the molecule is [2H]C([C@H](CC=CC(C)(C)C)OC(N)=O)n1c(Br)c(-c2cnc3ccccc3c2)c2c(N)ncnc21. The Morgan fingerprint density at radius 2 is 2.06 bits per heavy atom. The minimum atomic E-state index is -1.07. The number of carbonyl (C=O) groups excluding carboxylic acids is 1. The summed E-state index contributed by atoms with van der Waals surface area (Å²) < 4.78 is 16.6. The molecule has 0 saturated carbocycles. The van der Waals surface area contributed by atoms with Gasteiger partial charge in [0.15, 0.2) is 0 Å². The van der Waals surface area contributed by atoms with Crippen LogP contribution in [-0.4, -0.2) is 31.7 Å². The summed E-state index contributed by atoms with van der Waals surface area (Å²) in [5, 5.41) is 1.54. The molecule has 1 aromatic carbocycles. The van der Waals surface area contributed by atoms with Crippen LogP contribution in [0.5, 0.6) is 0 Å². The quantitative estimate of drug-likeness (QED) is 0.324. The van der Waals surface area contributed by atoms with E-state index in [4.69, 9.17) is 17.6 Å². The van der Waals surface area contributed by atoms with E-state index in [1.165, 1.54) is 6.33 Å². The highest BCUT2D eigenvalue weighted by Crippen LogP contribution is 2.40. The maximum atomic E-state index is 11.7. The van der Waals surface area contributed by atoms with E-state index in [2.05, 4.69) is 51.7 Å². The van der Waals surface area contributed by atoms with E-state index in [-0.39, 0.29) is 11.2 Å². The summed E-state index contributed by atoms with van der Waals surface area (Å²) in [7, 11) is 0. The third-order valence-electron chi connectivity index (χ3n) is 5.20. The number of fused-ring (bicyclic) bond motifs is 2. The largest absolute Gasteiger partial charge is 0.444 e. The summed E-state index contributed by atoms with van der Waals surface area (Å²) in [5.74, 6) is 0.268. The number of ether oxygens (including phenoxy) is 1. The molecule has 4 aromatic rings. The van der Waals surface area contributed by atoms with Crippen molar-refractivity contribution in [2.45, 2.75) is 39.8 Å². The topological polar surface area (TPSA) is 122 Å². The van der Waals surface area contributed by atoms with Gasteiger partial charge < -0.3 is 20.8 Å². The van der Waals surface area contributed by atoms with Crippen molar-refractivity contribution in [2.24, 2.45) is 11.1 Å². The summed E-state index contributed by atoms with van der Waals surface area (Å²) in [5.41, 5.74) is 14.4. The van der Waals surface area contributed by atoms with Crippen molar-refractivity contribution in [2.75, 3.05) is 5.73 Å². The first-order chi connectivity index (χ1) is 16.6. The van der Waals surface area contributed by atoms with Crippen LogP contribution in [0.2, 0.25) is 0 Å². The Morgan fingerprint density at radius 3 is 2.79 bits per heavy atom. The highest BCUT2D eigenvalue weighted by molar-refractivity contribution is 9.10. The van der Waals surface area contributed by atoms with Gasteiger partial charge in [0.25, 0.3) is 0 Å². The first kappa shape index (κ1) is 22.3. The first-order valence-corrected chi connectivity index (χ1v) is 11.6. The second-order valence-corrected chi connectivity index (χ2v) is 9.79. The minimum absolute atomic E-state index is 0.0620. The van der Waals surface area contributed by atoms with Crippen molar-refractivity contribution in [3.8, 4) is 11.1 Å². The Labute approximate surface area is 207 Å². The normalized spacial score (nSPS) is 14.4. The molecule has 3 aromatic heterocycles. The summed E-state index contributed by atoms with van der Waals surface area (Å²) in [4.78, 5) is 24.8. The average molecular weight is 524 g/mol. The van der Waals surface area contributed by atoms with Crippen molar-refractivity contribution in [3.05, 3.63) is 59.6 Å². The molecule has 3 heterocycles. The number of nitrogens with two attached hydrogens (primary N) is 2. The van der Waals surface area contributed by atoms with Crippen LogP contribution in [0.15, 0.2) is 59.6 Å². The van der Waals surface area contributed by atoms with Crippen LogP contribution < -0.4 is 11.5 Å². The van der Waals surface area contributed by atoms with Crippen LogP contribution in [0.25, 0.3) is 33.1 Å². The predicted octanol–water partition coefficient (Wildman–Crippen LogP) is 5.45. The molecule has 0 aliphatic heterocycles. The number of nitrogens with zero attached hydrogens (tertiary/aromatic N) is 4. The van der Waals surface area contributed by atoms with Gasteiger partial charge in [-0.1, -0.05) is 51.1 Å². The lowest BCUT2D eigenvalue weighted by molar-refractivity contribution is 0.0975. The van der Waals surface area contributed by atoms with Crippen molar-refractivity contribution < 1.29 is 10.9 Å². The Hall–Kier alpha value is -3.46. The molecule has 2 atom stereocenters. The molecule has 0 aliphatic carbocycles. The first-order valence-electron chi connectivity index (χ1n) is 11.4. The van der Waals surface area contributed by atoms with Gasteiger partial charge in [0, 0.05) is 29.1 Å². The molecule has 34 heavy (non-hydrogen) atoms. The van der Waals surface area contributed by atoms with Crippen molar-refractivity contribution >= 4 is 49.8 Å². The fourth-order valence-electron chi connectivity index (χ4n) is 3.75. The molecule has 0 fully saturated rings. The van der Waals surface area contributed by atoms with Gasteiger partial charge in [-0.25, -0.2) is 14.8 Å². The number of aromatic nitrogens is 4. The summed E-state index contributed by atoms with van der Waals surface area (Å²) in [6.07, 6.45) is 5.49. The van der Waals surface area contributed by atoms with Crippen LogP contribution in [0.4, 0.5) is 10.6 Å². The van der Waals surface area contributed by atoms with Crippen molar-refractivity contribution in [1.82, 2.24) is 19.5 Å².